The third-order valence-corrected chi connectivity index (χ3v) is 7.91. The first-order chi connectivity index (χ1) is 18.7. The van der Waals surface area contributed by atoms with Crippen LogP contribution in [0.3, 0.4) is 0 Å². The van der Waals surface area contributed by atoms with Crippen LogP contribution in [0.25, 0.3) is 11.2 Å². The Morgan fingerprint density at radius 2 is 1.90 bits per heavy atom. The molecule has 208 valence electrons. The molecule has 11 nitrogen and oxygen atoms in total. The topological polar surface area (TPSA) is 143 Å². The van der Waals surface area contributed by atoms with Crippen LogP contribution < -0.4 is 21.7 Å². The molecule has 1 aromatic carbocycles. The molecular weight excluding hydrogens is 548 g/mol. The summed E-state index contributed by atoms with van der Waals surface area (Å²) in [6.45, 7) is 1.22. The van der Waals surface area contributed by atoms with Gasteiger partial charge >= 0.3 is 6.03 Å². The highest BCUT2D eigenvalue weighted by molar-refractivity contribution is 6.36. The summed E-state index contributed by atoms with van der Waals surface area (Å²) in [5.41, 5.74) is 6.67. The number of aromatic nitrogens is 4. The molecule has 5 rings (SSSR count). The number of likely N-dealkylation sites (tertiary alicyclic amines) is 1. The van der Waals surface area contributed by atoms with Crippen molar-refractivity contribution in [3.8, 4) is 0 Å². The maximum atomic E-state index is 14.8. The number of urea groups is 1. The van der Waals surface area contributed by atoms with Crippen LogP contribution in [-0.2, 0) is 4.79 Å². The van der Waals surface area contributed by atoms with Gasteiger partial charge in [0.05, 0.1) is 16.9 Å². The van der Waals surface area contributed by atoms with E-state index in [-0.39, 0.29) is 45.7 Å². The highest BCUT2D eigenvalue weighted by Gasteiger charge is 2.30. The van der Waals surface area contributed by atoms with Gasteiger partial charge in [-0.15, -0.1) is 0 Å². The molecule has 1 atom stereocenters. The van der Waals surface area contributed by atoms with Crippen molar-refractivity contribution in [1.82, 2.24) is 29.7 Å². The molecule has 2 fully saturated rings. The summed E-state index contributed by atoms with van der Waals surface area (Å²) in [7, 11) is 1.61. The van der Waals surface area contributed by atoms with Crippen molar-refractivity contribution >= 4 is 63.9 Å². The van der Waals surface area contributed by atoms with Gasteiger partial charge in [-0.05, 0) is 50.7 Å². The molecule has 0 unspecified atom stereocenters. The fourth-order valence-electron chi connectivity index (χ4n) is 5.41. The van der Waals surface area contributed by atoms with Crippen LogP contribution in [0.4, 0.5) is 26.8 Å². The molecule has 1 aliphatic carbocycles. The molecule has 39 heavy (non-hydrogen) atoms. The second-order valence-corrected chi connectivity index (χ2v) is 10.8. The number of primary amides is 1. The van der Waals surface area contributed by atoms with Gasteiger partial charge in [-0.3, -0.25) is 9.36 Å². The zero-order valence-electron chi connectivity index (χ0n) is 21.4. The van der Waals surface area contributed by atoms with Gasteiger partial charge in [-0.1, -0.05) is 23.2 Å². The van der Waals surface area contributed by atoms with Gasteiger partial charge < -0.3 is 26.6 Å². The minimum absolute atomic E-state index is 0.0181. The molecule has 3 heterocycles. The Labute approximate surface area is 234 Å². The number of amides is 3. The number of imidazole rings is 1. The maximum Gasteiger partial charge on any atom is 0.317 e. The van der Waals surface area contributed by atoms with Gasteiger partial charge in [0.15, 0.2) is 5.65 Å². The van der Waals surface area contributed by atoms with Crippen LogP contribution >= 0.6 is 23.2 Å². The lowest BCUT2D eigenvalue weighted by Crippen LogP contribution is -2.48. The van der Waals surface area contributed by atoms with Crippen molar-refractivity contribution in [3.63, 3.8) is 0 Å². The summed E-state index contributed by atoms with van der Waals surface area (Å²) < 4.78 is 16.7. The van der Waals surface area contributed by atoms with Crippen LogP contribution in [0.5, 0.6) is 0 Å². The summed E-state index contributed by atoms with van der Waals surface area (Å²) in [6.07, 6.45) is 5.93. The van der Waals surface area contributed by atoms with E-state index < -0.39 is 5.82 Å². The molecule has 2 aliphatic rings. The van der Waals surface area contributed by atoms with E-state index in [1.807, 2.05) is 4.57 Å². The fraction of sp³-hybridized carbons (Fsp3) is 0.480. The average Bonchev–Trinajstić information content (AvgIpc) is 3.27. The number of carbonyl (C=O) groups excluding carboxylic acids is 2. The second kappa shape index (κ2) is 11.4. The van der Waals surface area contributed by atoms with Crippen LogP contribution in [0.1, 0.15) is 44.6 Å². The predicted molar refractivity (Wildman–Crippen MR) is 148 cm³/mol. The van der Waals surface area contributed by atoms with Gasteiger partial charge in [0.25, 0.3) is 0 Å². The van der Waals surface area contributed by atoms with Crippen molar-refractivity contribution in [2.45, 2.75) is 50.6 Å². The number of nitrogens with zero attached hydrogens (tertiary/aromatic N) is 5. The normalized spacial score (nSPS) is 21.5. The Morgan fingerprint density at radius 3 is 2.59 bits per heavy atom. The number of carbonyl (C=O) groups is 2. The van der Waals surface area contributed by atoms with E-state index in [4.69, 9.17) is 33.9 Å². The lowest BCUT2D eigenvalue weighted by atomic mass is 9.85. The van der Waals surface area contributed by atoms with Crippen molar-refractivity contribution < 1.29 is 14.0 Å². The zero-order chi connectivity index (χ0) is 27.7. The lowest BCUT2D eigenvalue weighted by Gasteiger charge is -2.32. The first kappa shape index (κ1) is 27.2. The number of nitrogens with two attached hydrogens (primary N) is 1. The highest BCUT2D eigenvalue weighted by atomic mass is 35.5. The molecule has 3 aromatic rings. The maximum absolute atomic E-state index is 14.8. The van der Waals surface area contributed by atoms with Crippen LogP contribution in [0, 0.1) is 11.7 Å². The predicted octanol–water partition coefficient (Wildman–Crippen LogP) is 4.45. The van der Waals surface area contributed by atoms with Gasteiger partial charge in [0, 0.05) is 43.2 Å². The first-order valence-corrected chi connectivity index (χ1v) is 13.7. The Kier molecular flexibility index (Phi) is 7.94. The molecule has 1 aliphatic heterocycles. The van der Waals surface area contributed by atoms with Crippen molar-refractivity contribution in [3.05, 3.63) is 34.2 Å². The van der Waals surface area contributed by atoms with Gasteiger partial charge in [0.2, 0.25) is 17.8 Å². The number of rotatable bonds is 6. The Balaban J connectivity index is 1.48. The van der Waals surface area contributed by atoms with E-state index in [1.54, 1.807) is 18.1 Å². The third kappa shape index (κ3) is 5.81. The number of piperidine rings is 1. The lowest BCUT2D eigenvalue weighted by molar-refractivity contribution is -0.122. The minimum atomic E-state index is -0.616. The number of fused-ring (bicyclic) bond motifs is 1. The van der Waals surface area contributed by atoms with Crippen LogP contribution in [0.2, 0.25) is 10.0 Å². The largest absolute Gasteiger partial charge is 0.369 e. The summed E-state index contributed by atoms with van der Waals surface area (Å²) in [4.78, 5) is 39.5. The van der Waals surface area contributed by atoms with Crippen LogP contribution in [0.15, 0.2) is 18.3 Å². The van der Waals surface area contributed by atoms with E-state index in [2.05, 4.69) is 25.9 Å². The number of anilines is 3. The third-order valence-electron chi connectivity index (χ3n) is 7.40. The number of hydrogen-bond donors (Lipinski definition) is 4. The molecule has 14 heteroatoms. The van der Waals surface area contributed by atoms with Crippen molar-refractivity contribution in [2.75, 3.05) is 30.8 Å². The molecule has 2 aromatic heterocycles. The number of halogens is 3. The molecule has 3 amide bonds. The smallest absolute Gasteiger partial charge is 0.317 e. The molecule has 0 spiro atoms. The standard InChI is InChI=1S/C25H30Cl2FN9O2/c1-30-25(39)36-8-2-3-15(12-36)32-23-31-11-19-22(35-23)37(16-6-4-13(5-7-16)21(29)38)24(33-19)34-20-17(27)9-14(26)10-18(20)28/h9-11,13,15-16H,2-8,12H2,1H3,(H2,29,38)(H,30,39)(H,33,34)(H,31,32,35)/t13-,15-,16-/m1/s1. The molecule has 1 saturated heterocycles. The van der Waals surface area contributed by atoms with E-state index in [0.717, 1.165) is 12.8 Å². The first-order valence-electron chi connectivity index (χ1n) is 12.9. The van der Waals surface area contributed by atoms with Crippen molar-refractivity contribution in [2.24, 2.45) is 11.7 Å². The molecule has 5 N–H and O–H groups in total. The van der Waals surface area contributed by atoms with Crippen LogP contribution in [-0.4, -0.2) is 62.5 Å². The number of hydrogen-bond acceptors (Lipinski definition) is 7. The van der Waals surface area contributed by atoms with E-state index in [9.17, 15) is 14.0 Å². The van der Waals surface area contributed by atoms with Gasteiger partial charge in [-0.25, -0.2) is 19.2 Å². The number of benzene rings is 1. The monoisotopic (exact) mass is 577 g/mol. The fourth-order valence-corrected chi connectivity index (χ4v) is 5.92. The van der Waals surface area contributed by atoms with E-state index in [0.29, 0.717) is 61.8 Å². The second-order valence-electron chi connectivity index (χ2n) is 9.97. The van der Waals surface area contributed by atoms with Gasteiger partial charge in [-0.2, -0.15) is 4.98 Å². The zero-order valence-corrected chi connectivity index (χ0v) is 22.9. The molecule has 0 radical (unpaired) electrons. The average molecular weight is 578 g/mol. The van der Waals surface area contributed by atoms with E-state index >= 15 is 0 Å². The molecule has 1 saturated carbocycles. The van der Waals surface area contributed by atoms with Gasteiger partial charge in [0.1, 0.15) is 11.3 Å². The quantitative estimate of drug-likeness (QED) is 0.339. The summed E-state index contributed by atoms with van der Waals surface area (Å²) >= 11 is 12.3. The minimum Gasteiger partial charge on any atom is -0.369 e. The highest BCUT2D eigenvalue weighted by Crippen LogP contribution is 2.38. The summed E-state index contributed by atoms with van der Waals surface area (Å²) in [5.74, 6) is -0.345. The Hall–Kier alpha value is -3.38. The number of nitrogens with one attached hydrogen (secondary N) is 3. The Bertz CT molecular complexity index is 1370. The molecule has 0 bridgehead atoms. The van der Waals surface area contributed by atoms with Crippen molar-refractivity contribution in [1.29, 1.82) is 0 Å². The summed E-state index contributed by atoms with van der Waals surface area (Å²) in [6, 6.07) is 2.42. The SMILES string of the molecule is CNC(=O)N1CCC[C@@H](Nc2ncc3nc(Nc4c(F)cc(Cl)cc4Cl)n([C@H]4CC[C@H](C(N)=O)CC4)c3n2)C1. The Morgan fingerprint density at radius 1 is 1.13 bits per heavy atom. The van der Waals surface area contributed by atoms with E-state index in [1.165, 1.54) is 12.1 Å². The molecular formula is C25H30Cl2FN9O2. The summed E-state index contributed by atoms with van der Waals surface area (Å²) in [5, 5.41) is 9.36.